The van der Waals surface area contributed by atoms with Crippen molar-refractivity contribution < 1.29 is 31.9 Å². The molecule has 0 spiro atoms. The molecule has 1 amide bonds. The normalized spacial score (nSPS) is 19.5. The van der Waals surface area contributed by atoms with Gasteiger partial charge in [0.25, 0.3) is 5.91 Å². The molecule has 10 heteroatoms. The van der Waals surface area contributed by atoms with Gasteiger partial charge < -0.3 is 15.7 Å². The number of benzene rings is 2. The Bertz CT molecular complexity index is 969. The fourth-order valence-corrected chi connectivity index (χ4v) is 3.33. The zero-order valence-electron chi connectivity index (χ0n) is 16.9. The first-order valence-corrected chi connectivity index (χ1v) is 10.0. The fourth-order valence-electron chi connectivity index (χ4n) is 3.33. The predicted molar refractivity (Wildman–Crippen MR) is 108 cm³/mol. The van der Waals surface area contributed by atoms with E-state index < -0.39 is 35.4 Å². The molecule has 3 N–H and O–H groups in total. The number of aliphatic hydroxyl groups excluding tert-OH is 1. The molecule has 1 fully saturated rings. The summed E-state index contributed by atoms with van der Waals surface area (Å²) in [6, 6.07) is 7.11. The maximum absolute atomic E-state index is 13.5. The summed E-state index contributed by atoms with van der Waals surface area (Å²) in [7, 11) is 0. The third kappa shape index (κ3) is 6.49. The van der Waals surface area contributed by atoms with Crippen LogP contribution < -0.4 is 10.6 Å². The SMILES string of the molecule is O=C(/N=C(/NCc1ccc(C(F)(F)F)cc1)N[C@H]1CC[C@H](O)CC1)c1ccc(F)c(F)c1. The number of carbonyl (C=O) groups excluding carboxylic acids is 1. The molecule has 0 atom stereocenters. The molecular formula is C22H22F5N3O2. The lowest BCUT2D eigenvalue weighted by molar-refractivity contribution is -0.137. The summed E-state index contributed by atoms with van der Waals surface area (Å²) in [4.78, 5) is 16.4. The number of aliphatic hydroxyl groups is 1. The molecule has 172 valence electrons. The van der Waals surface area contributed by atoms with Gasteiger partial charge >= 0.3 is 6.18 Å². The number of aliphatic imine (C=N–C) groups is 1. The first-order chi connectivity index (χ1) is 15.1. The molecule has 0 saturated heterocycles. The molecule has 32 heavy (non-hydrogen) atoms. The number of guanidine groups is 1. The molecule has 1 aliphatic rings. The Morgan fingerprint density at radius 3 is 2.25 bits per heavy atom. The number of nitrogens with zero attached hydrogens (tertiary/aromatic N) is 1. The van der Waals surface area contributed by atoms with Crippen molar-refractivity contribution in [3.05, 3.63) is 70.8 Å². The van der Waals surface area contributed by atoms with Crippen molar-refractivity contribution in [3.63, 3.8) is 0 Å². The van der Waals surface area contributed by atoms with Crippen molar-refractivity contribution in [3.8, 4) is 0 Å². The van der Waals surface area contributed by atoms with E-state index in [9.17, 15) is 31.9 Å². The Labute approximate surface area is 181 Å². The van der Waals surface area contributed by atoms with Crippen LogP contribution in [0.1, 0.15) is 47.2 Å². The summed E-state index contributed by atoms with van der Waals surface area (Å²) >= 11 is 0. The quantitative estimate of drug-likeness (QED) is 0.368. The minimum atomic E-state index is -4.44. The predicted octanol–water partition coefficient (Wildman–Crippen LogP) is 4.16. The van der Waals surface area contributed by atoms with Crippen LogP contribution in [0.3, 0.4) is 0 Å². The van der Waals surface area contributed by atoms with Crippen molar-refractivity contribution in [2.45, 2.75) is 50.6 Å². The van der Waals surface area contributed by atoms with Crippen LogP contribution in [0.2, 0.25) is 0 Å². The molecule has 5 nitrogen and oxygen atoms in total. The van der Waals surface area contributed by atoms with Crippen molar-refractivity contribution in [2.24, 2.45) is 4.99 Å². The van der Waals surface area contributed by atoms with E-state index in [4.69, 9.17) is 0 Å². The number of nitrogens with one attached hydrogen (secondary N) is 2. The average Bonchev–Trinajstić information content (AvgIpc) is 2.75. The highest BCUT2D eigenvalue weighted by Crippen LogP contribution is 2.29. The van der Waals surface area contributed by atoms with Crippen LogP contribution in [-0.4, -0.2) is 29.1 Å². The third-order valence-corrected chi connectivity index (χ3v) is 5.16. The molecule has 0 radical (unpaired) electrons. The molecule has 0 heterocycles. The van der Waals surface area contributed by atoms with Gasteiger partial charge in [0.15, 0.2) is 17.6 Å². The van der Waals surface area contributed by atoms with Gasteiger partial charge in [0, 0.05) is 18.2 Å². The van der Waals surface area contributed by atoms with E-state index in [0.29, 0.717) is 31.2 Å². The van der Waals surface area contributed by atoms with Gasteiger partial charge in [-0.05, 0) is 61.6 Å². The van der Waals surface area contributed by atoms with Crippen LogP contribution in [0.15, 0.2) is 47.5 Å². The van der Waals surface area contributed by atoms with E-state index in [2.05, 4.69) is 15.6 Å². The number of halogens is 5. The molecule has 0 aromatic heterocycles. The van der Waals surface area contributed by atoms with Gasteiger partial charge in [-0.25, -0.2) is 8.78 Å². The first kappa shape index (κ1) is 23.6. The summed E-state index contributed by atoms with van der Waals surface area (Å²) in [6.07, 6.45) is -2.44. The number of hydrogen-bond acceptors (Lipinski definition) is 2. The van der Waals surface area contributed by atoms with Crippen LogP contribution in [0, 0.1) is 11.6 Å². The highest BCUT2D eigenvalue weighted by Gasteiger charge is 2.30. The monoisotopic (exact) mass is 455 g/mol. The van der Waals surface area contributed by atoms with E-state index in [1.165, 1.54) is 12.1 Å². The number of hydrogen-bond donors (Lipinski definition) is 3. The van der Waals surface area contributed by atoms with E-state index in [0.717, 1.165) is 30.3 Å². The molecule has 2 aromatic rings. The summed E-state index contributed by atoms with van der Waals surface area (Å²) in [5, 5.41) is 15.6. The average molecular weight is 455 g/mol. The lowest BCUT2D eigenvalue weighted by Gasteiger charge is -2.27. The van der Waals surface area contributed by atoms with Gasteiger partial charge in [-0.15, -0.1) is 0 Å². The molecule has 0 aliphatic heterocycles. The van der Waals surface area contributed by atoms with Gasteiger partial charge in [-0.1, -0.05) is 12.1 Å². The lowest BCUT2D eigenvalue weighted by atomic mass is 9.93. The fraction of sp³-hybridized carbons (Fsp3) is 0.364. The molecular weight excluding hydrogens is 433 g/mol. The van der Waals surface area contributed by atoms with Gasteiger partial charge in [0.05, 0.1) is 11.7 Å². The number of amides is 1. The van der Waals surface area contributed by atoms with Crippen molar-refractivity contribution in [2.75, 3.05) is 0 Å². The highest BCUT2D eigenvalue weighted by atomic mass is 19.4. The molecule has 0 bridgehead atoms. The number of carbonyl (C=O) groups is 1. The number of rotatable bonds is 4. The summed E-state index contributed by atoms with van der Waals surface area (Å²) < 4.78 is 64.8. The second kappa shape index (κ2) is 10.1. The largest absolute Gasteiger partial charge is 0.416 e. The summed E-state index contributed by atoms with van der Waals surface area (Å²) in [5.74, 6) is -3.03. The van der Waals surface area contributed by atoms with Crippen molar-refractivity contribution >= 4 is 11.9 Å². The standard InChI is InChI=1S/C22H22F5N3O2/c23-18-10-3-14(11-19(18)24)20(32)30-21(29-16-6-8-17(31)9-7-16)28-12-13-1-4-15(5-2-13)22(25,26)27/h1-5,10-11,16-17,31H,6-9,12H2,(H2,28,29,30,32)/t16-,17-. The van der Waals surface area contributed by atoms with Gasteiger partial charge in [-0.2, -0.15) is 18.2 Å². The minimum absolute atomic E-state index is 0.0565. The van der Waals surface area contributed by atoms with Crippen LogP contribution in [0.4, 0.5) is 22.0 Å². The minimum Gasteiger partial charge on any atom is -0.393 e. The number of alkyl halides is 3. The molecule has 1 saturated carbocycles. The Morgan fingerprint density at radius 2 is 1.66 bits per heavy atom. The smallest absolute Gasteiger partial charge is 0.393 e. The molecule has 3 rings (SSSR count). The maximum atomic E-state index is 13.5. The van der Waals surface area contributed by atoms with Crippen LogP contribution in [0.25, 0.3) is 0 Å². The van der Waals surface area contributed by atoms with E-state index in [1.54, 1.807) is 0 Å². The Hall–Kier alpha value is -3.01. The van der Waals surface area contributed by atoms with Crippen LogP contribution in [0.5, 0.6) is 0 Å². The summed E-state index contributed by atoms with van der Waals surface area (Å²) in [5.41, 5.74) is -0.409. The van der Waals surface area contributed by atoms with Crippen LogP contribution in [-0.2, 0) is 12.7 Å². The molecule has 0 unspecified atom stereocenters. The van der Waals surface area contributed by atoms with Crippen molar-refractivity contribution in [1.29, 1.82) is 0 Å². The lowest BCUT2D eigenvalue weighted by Crippen LogP contribution is -2.45. The molecule has 2 aromatic carbocycles. The summed E-state index contributed by atoms with van der Waals surface area (Å²) in [6.45, 7) is 0.0738. The van der Waals surface area contributed by atoms with E-state index >= 15 is 0 Å². The van der Waals surface area contributed by atoms with E-state index in [1.807, 2.05) is 0 Å². The first-order valence-electron chi connectivity index (χ1n) is 10.0. The second-order valence-corrected chi connectivity index (χ2v) is 7.59. The van der Waals surface area contributed by atoms with Crippen LogP contribution >= 0.6 is 0 Å². The topological polar surface area (TPSA) is 73.7 Å². The van der Waals surface area contributed by atoms with Crippen molar-refractivity contribution in [1.82, 2.24) is 10.6 Å². The van der Waals surface area contributed by atoms with Gasteiger partial charge in [-0.3, -0.25) is 4.79 Å². The second-order valence-electron chi connectivity index (χ2n) is 7.59. The maximum Gasteiger partial charge on any atom is 0.416 e. The highest BCUT2D eigenvalue weighted by molar-refractivity contribution is 6.02. The van der Waals surface area contributed by atoms with Gasteiger partial charge in [0.2, 0.25) is 0 Å². The van der Waals surface area contributed by atoms with Gasteiger partial charge in [0.1, 0.15) is 0 Å². The Morgan fingerprint density at radius 1 is 1.00 bits per heavy atom. The van der Waals surface area contributed by atoms with E-state index in [-0.39, 0.29) is 24.1 Å². The zero-order valence-corrected chi connectivity index (χ0v) is 16.9. The Balaban J connectivity index is 1.74. The molecule has 1 aliphatic carbocycles. The zero-order chi connectivity index (χ0) is 23.3. The Kier molecular flexibility index (Phi) is 7.44. The third-order valence-electron chi connectivity index (χ3n) is 5.16.